The first-order valence-corrected chi connectivity index (χ1v) is 11.3. The topological polar surface area (TPSA) is 126 Å². The SMILES string of the molecule is COC(=O)C[C@@H]1Nc2ccc(C(=O)N(C)Cc3nc4c(OC)ccc(OC)c4[nH]3)cc2CN(C)C1=O. The van der Waals surface area contributed by atoms with Gasteiger partial charge in [0.1, 0.15) is 34.4 Å². The van der Waals surface area contributed by atoms with Crippen LogP contribution in [-0.4, -0.2) is 79.0 Å². The summed E-state index contributed by atoms with van der Waals surface area (Å²) in [5.41, 5.74) is 3.25. The molecule has 2 aromatic carbocycles. The number of aromatic amines is 1. The lowest BCUT2D eigenvalue weighted by Gasteiger charge is -2.19. The second-order valence-corrected chi connectivity index (χ2v) is 8.58. The molecular formula is C25H29N5O6. The number of methoxy groups -OCH3 is 3. The van der Waals surface area contributed by atoms with Crippen molar-refractivity contribution >= 4 is 34.5 Å². The normalized spacial score (nSPS) is 15.1. The van der Waals surface area contributed by atoms with Gasteiger partial charge in [0.05, 0.1) is 34.3 Å². The van der Waals surface area contributed by atoms with Gasteiger partial charge in [0.25, 0.3) is 5.91 Å². The number of amides is 2. The molecule has 0 fully saturated rings. The molecule has 0 radical (unpaired) electrons. The predicted octanol–water partition coefficient (Wildman–Crippen LogP) is 2.17. The van der Waals surface area contributed by atoms with Crippen LogP contribution >= 0.6 is 0 Å². The second kappa shape index (κ2) is 10.1. The third kappa shape index (κ3) is 4.77. The summed E-state index contributed by atoms with van der Waals surface area (Å²) in [5, 5.41) is 3.12. The number of fused-ring (bicyclic) bond motifs is 2. The van der Waals surface area contributed by atoms with Gasteiger partial charge in [0.2, 0.25) is 5.91 Å². The van der Waals surface area contributed by atoms with Gasteiger partial charge in [-0.3, -0.25) is 14.4 Å². The van der Waals surface area contributed by atoms with Crippen LogP contribution in [-0.2, 0) is 27.4 Å². The van der Waals surface area contributed by atoms with Crippen molar-refractivity contribution in [3.8, 4) is 11.5 Å². The number of rotatable bonds is 7. The largest absolute Gasteiger partial charge is 0.494 e. The molecule has 190 valence electrons. The number of imidazole rings is 1. The minimum Gasteiger partial charge on any atom is -0.494 e. The van der Waals surface area contributed by atoms with Crippen LogP contribution in [0.1, 0.15) is 28.2 Å². The van der Waals surface area contributed by atoms with Crippen molar-refractivity contribution in [1.29, 1.82) is 0 Å². The molecule has 0 aliphatic carbocycles. The van der Waals surface area contributed by atoms with E-state index in [2.05, 4.69) is 15.3 Å². The number of esters is 1. The number of hydrogen-bond acceptors (Lipinski definition) is 8. The maximum Gasteiger partial charge on any atom is 0.308 e. The number of nitrogens with zero attached hydrogens (tertiary/aromatic N) is 3. The second-order valence-electron chi connectivity index (χ2n) is 8.58. The fourth-order valence-electron chi connectivity index (χ4n) is 4.25. The summed E-state index contributed by atoms with van der Waals surface area (Å²) in [6.07, 6.45) is -0.0877. The monoisotopic (exact) mass is 495 g/mol. The van der Waals surface area contributed by atoms with E-state index >= 15 is 0 Å². The number of nitrogens with one attached hydrogen (secondary N) is 2. The van der Waals surface area contributed by atoms with Gasteiger partial charge >= 0.3 is 5.97 Å². The van der Waals surface area contributed by atoms with Gasteiger partial charge < -0.3 is 34.3 Å². The highest BCUT2D eigenvalue weighted by Gasteiger charge is 2.30. The summed E-state index contributed by atoms with van der Waals surface area (Å²) in [6, 6.07) is 8.04. The van der Waals surface area contributed by atoms with E-state index in [1.54, 1.807) is 63.5 Å². The molecule has 0 bridgehead atoms. The first-order chi connectivity index (χ1) is 17.2. The fourth-order valence-corrected chi connectivity index (χ4v) is 4.25. The number of hydrogen-bond donors (Lipinski definition) is 2. The molecule has 1 aromatic heterocycles. The van der Waals surface area contributed by atoms with E-state index in [4.69, 9.17) is 14.2 Å². The number of carbonyl (C=O) groups excluding carboxylic acids is 3. The van der Waals surface area contributed by atoms with Crippen LogP contribution in [0.3, 0.4) is 0 Å². The highest BCUT2D eigenvalue weighted by Crippen LogP contribution is 2.31. The molecule has 4 rings (SSSR count). The van der Waals surface area contributed by atoms with Gasteiger partial charge in [-0.25, -0.2) is 4.98 Å². The minimum absolute atomic E-state index is 0.0877. The Labute approximate surface area is 208 Å². The Morgan fingerprint density at radius 2 is 1.86 bits per heavy atom. The van der Waals surface area contributed by atoms with Crippen LogP contribution in [0.2, 0.25) is 0 Å². The highest BCUT2D eigenvalue weighted by atomic mass is 16.5. The molecule has 0 unspecified atom stereocenters. The Morgan fingerprint density at radius 1 is 1.14 bits per heavy atom. The van der Waals surface area contributed by atoms with E-state index in [0.717, 1.165) is 5.56 Å². The van der Waals surface area contributed by atoms with E-state index in [0.29, 0.717) is 46.2 Å². The van der Waals surface area contributed by atoms with E-state index < -0.39 is 12.0 Å². The van der Waals surface area contributed by atoms with Crippen molar-refractivity contribution in [2.75, 3.05) is 40.7 Å². The van der Waals surface area contributed by atoms with Crippen molar-refractivity contribution < 1.29 is 28.6 Å². The quantitative estimate of drug-likeness (QED) is 0.478. The third-order valence-electron chi connectivity index (χ3n) is 6.15. The molecule has 0 spiro atoms. The number of benzene rings is 2. The first kappa shape index (κ1) is 24.8. The molecule has 36 heavy (non-hydrogen) atoms. The van der Waals surface area contributed by atoms with Crippen LogP contribution in [0.25, 0.3) is 11.0 Å². The summed E-state index contributed by atoms with van der Waals surface area (Å²) in [5.74, 6) is 0.896. The molecule has 0 saturated carbocycles. The molecule has 11 heteroatoms. The van der Waals surface area contributed by atoms with Gasteiger partial charge in [0, 0.05) is 31.9 Å². The van der Waals surface area contributed by atoms with Gasteiger partial charge in [-0.05, 0) is 35.9 Å². The van der Waals surface area contributed by atoms with Gasteiger partial charge in [0.15, 0.2) is 0 Å². The van der Waals surface area contributed by atoms with Gasteiger partial charge in [-0.15, -0.1) is 0 Å². The van der Waals surface area contributed by atoms with Gasteiger partial charge in [-0.2, -0.15) is 0 Å². The smallest absolute Gasteiger partial charge is 0.308 e. The molecule has 3 aromatic rings. The lowest BCUT2D eigenvalue weighted by atomic mass is 10.1. The molecule has 2 amide bonds. The molecule has 1 aliphatic heterocycles. The Bertz CT molecular complexity index is 1280. The summed E-state index contributed by atoms with van der Waals surface area (Å²) in [4.78, 5) is 48.6. The molecule has 11 nitrogen and oxygen atoms in total. The van der Waals surface area contributed by atoms with Crippen LogP contribution in [0.4, 0.5) is 5.69 Å². The van der Waals surface area contributed by atoms with Crippen molar-refractivity contribution in [3.63, 3.8) is 0 Å². The lowest BCUT2D eigenvalue weighted by Crippen LogP contribution is -2.39. The first-order valence-electron chi connectivity index (χ1n) is 11.3. The number of ether oxygens (including phenoxy) is 3. The van der Waals surface area contributed by atoms with Crippen molar-refractivity contribution in [2.24, 2.45) is 0 Å². The minimum atomic E-state index is -0.741. The Balaban J connectivity index is 1.55. The molecule has 0 saturated heterocycles. The zero-order chi connectivity index (χ0) is 26.0. The molecule has 2 N–H and O–H groups in total. The predicted molar refractivity (Wildman–Crippen MR) is 132 cm³/mol. The van der Waals surface area contributed by atoms with Crippen LogP contribution < -0.4 is 14.8 Å². The summed E-state index contributed by atoms with van der Waals surface area (Å²) < 4.78 is 15.5. The number of H-pyrrole nitrogens is 1. The van der Waals surface area contributed by atoms with Crippen molar-refractivity contribution in [1.82, 2.24) is 19.8 Å². The van der Waals surface area contributed by atoms with E-state index in [-0.39, 0.29) is 24.8 Å². The molecule has 2 heterocycles. The van der Waals surface area contributed by atoms with Crippen LogP contribution in [0.15, 0.2) is 30.3 Å². The number of aromatic nitrogens is 2. The standard InChI is InChI=1S/C25H29N5O6/c1-29-12-15-10-14(6-7-16(15)26-17(25(29)33)11-21(31)36-5)24(32)30(2)13-20-27-22-18(34-3)8-9-19(35-4)23(22)28-20/h6-10,17,26H,11-13H2,1-5H3,(H,27,28)/t17-/m0/s1. The Kier molecular flexibility index (Phi) is 7.00. The number of carbonyl (C=O) groups is 3. The average molecular weight is 496 g/mol. The maximum atomic E-state index is 13.2. The molecule has 1 atom stereocenters. The Morgan fingerprint density at radius 3 is 2.56 bits per heavy atom. The Hall–Kier alpha value is -4.28. The van der Waals surface area contributed by atoms with Crippen LogP contribution in [0.5, 0.6) is 11.5 Å². The molecular weight excluding hydrogens is 466 g/mol. The van der Waals surface area contributed by atoms with E-state index in [9.17, 15) is 14.4 Å². The van der Waals surface area contributed by atoms with E-state index in [1.165, 1.54) is 12.0 Å². The summed E-state index contributed by atoms with van der Waals surface area (Å²) in [6.45, 7) is 0.529. The lowest BCUT2D eigenvalue weighted by molar-refractivity contribution is -0.143. The van der Waals surface area contributed by atoms with E-state index in [1.807, 2.05) is 0 Å². The van der Waals surface area contributed by atoms with Crippen molar-refractivity contribution in [2.45, 2.75) is 25.6 Å². The fraction of sp³-hybridized carbons (Fsp3) is 0.360. The third-order valence-corrected chi connectivity index (χ3v) is 6.15. The van der Waals surface area contributed by atoms with Gasteiger partial charge in [-0.1, -0.05) is 0 Å². The van der Waals surface area contributed by atoms with Crippen molar-refractivity contribution in [3.05, 3.63) is 47.3 Å². The zero-order valence-corrected chi connectivity index (χ0v) is 20.9. The maximum absolute atomic E-state index is 13.2. The van der Waals surface area contributed by atoms with Crippen LogP contribution in [0, 0.1) is 0 Å². The highest BCUT2D eigenvalue weighted by molar-refractivity contribution is 5.96. The number of likely N-dealkylation sites (N-methyl/N-ethyl adjacent to an activating group) is 1. The summed E-state index contributed by atoms with van der Waals surface area (Å²) >= 11 is 0. The average Bonchev–Trinajstić information content (AvgIpc) is 3.26. The summed E-state index contributed by atoms with van der Waals surface area (Å²) in [7, 11) is 7.78. The zero-order valence-electron chi connectivity index (χ0n) is 20.9. The molecule has 1 aliphatic rings. The number of anilines is 1.